The molecule has 2 aliphatic carbocycles. The van der Waals surface area contributed by atoms with Crippen LogP contribution in [0.15, 0.2) is 12.3 Å². The predicted octanol–water partition coefficient (Wildman–Crippen LogP) is 2.62. The Morgan fingerprint density at radius 2 is 2.18 bits per heavy atom. The zero-order valence-electron chi connectivity index (χ0n) is 10.8. The summed E-state index contributed by atoms with van der Waals surface area (Å²) in [5, 5.41) is 7.98. The molecule has 1 aromatic heterocycles. The van der Waals surface area contributed by atoms with Gasteiger partial charge in [0.05, 0.1) is 5.69 Å². The number of rotatable bonds is 3. The van der Waals surface area contributed by atoms with Gasteiger partial charge < -0.3 is 5.32 Å². The first-order valence-corrected chi connectivity index (χ1v) is 7.00. The van der Waals surface area contributed by atoms with Crippen LogP contribution in [0.5, 0.6) is 0 Å². The first kappa shape index (κ1) is 11.3. The number of aromatic nitrogens is 2. The fraction of sp³-hybridized carbons (Fsp3) is 0.786. The zero-order chi connectivity index (χ0) is 11.7. The Balaban J connectivity index is 1.57. The molecule has 3 heteroatoms. The topological polar surface area (TPSA) is 29.9 Å². The summed E-state index contributed by atoms with van der Waals surface area (Å²) < 4.78 is 1.97. The molecule has 0 radical (unpaired) electrons. The van der Waals surface area contributed by atoms with Crippen LogP contribution in [0, 0.1) is 5.41 Å². The second-order valence-corrected chi connectivity index (χ2v) is 5.84. The lowest BCUT2D eigenvalue weighted by molar-refractivity contribution is 0.0218. The summed E-state index contributed by atoms with van der Waals surface area (Å²) >= 11 is 0. The summed E-state index contributed by atoms with van der Waals surface area (Å²) in [6.07, 6.45) is 12.0. The van der Waals surface area contributed by atoms with Crippen molar-refractivity contribution in [2.45, 2.75) is 57.5 Å². The quantitative estimate of drug-likeness (QED) is 0.869. The van der Waals surface area contributed by atoms with Crippen LogP contribution in [-0.2, 0) is 13.6 Å². The molecule has 2 fully saturated rings. The highest BCUT2D eigenvalue weighted by Crippen LogP contribution is 2.51. The van der Waals surface area contributed by atoms with Gasteiger partial charge in [-0.15, -0.1) is 0 Å². The van der Waals surface area contributed by atoms with Crippen molar-refractivity contribution in [3.05, 3.63) is 18.0 Å². The van der Waals surface area contributed by atoms with E-state index >= 15 is 0 Å². The molecule has 0 aromatic carbocycles. The zero-order valence-corrected chi connectivity index (χ0v) is 10.8. The van der Waals surface area contributed by atoms with Gasteiger partial charge >= 0.3 is 0 Å². The molecule has 0 bridgehead atoms. The smallest absolute Gasteiger partial charge is 0.0518 e. The Labute approximate surface area is 104 Å². The Morgan fingerprint density at radius 1 is 1.35 bits per heavy atom. The third kappa shape index (κ3) is 2.01. The maximum absolute atomic E-state index is 4.22. The van der Waals surface area contributed by atoms with Crippen LogP contribution in [0.4, 0.5) is 0 Å². The third-order valence-electron chi connectivity index (χ3n) is 4.97. The summed E-state index contributed by atoms with van der Waals surface area (Å²) in [6, 6.07) is 2.87. The first-order valence-electron chi connectivity index (χ1n) is 7.00. The fourth-order valence-corrected chi connectivity index (χ4v) is 3.67. The standard InChI is InChI=1S/C14H23N3/c1-17-12(6-10-16-17)11-15-13-5-9-14(13)7-3-2-4-8-14/h6,10,13,15H,2-5,7-9,11H2,1H3. The van der Waals surface area contributed by atoms with Gasteiger partial charge in [0.15, 0.2) is 0 Å². The van der Waals surface area contributed by atoms with Crippen LogP contribution in [0.1, 0.15) is 50.6 Å². The van der Waals surface area contributed by atoms with E-state index in [1.807, 2.05) is 17.9 Å². The average molecular weight is 233 g/mol. The van der Waals surface area contributed by atoms with Crippen LogP contribution in [0.25, 0.3) is 0 Å². The van der Waals surface area contributed by atoms with Crippen LogP contribution in [0.2, 0.25) is 0 Å². The molecule has 0 aliphatic heterocycles. The van der Waals surface area contributed by atoms with E-state index in [9.17, 15) is 0 Å². The van der Waals surface area contributed by atoms with Gasteiger partial charge in [-0.05, 0) is 37.2 Å². The summed E-state index contributed by atoms with van der Waals surface area (Å²) in [5.41, 5.74) is 1.96. The molecule has 1 heterocycles. The summed E-state index contributed by atoms with van der Waals surface area (Å²) in [7, 11) is 2.02. The fourth-order valence-electron chi connectivity index (χ4n) is 3.67. The maximum atomic E-state index is 4.22. The number of hydrogen-bond acceptors (Lipinski definition) is 2. The van der Waals surface area contributed by atoms with Crippen molar-refractivity contribution < 1.29 is 0 Å². The van der Waals surface area contributed by atoms with Gasteiger partial charge in [-0.1, -0.05) is 19.3 Å². The minimum Gasteiger partial charge on any atom is -0.308 e. The normalized spacial score (nSPS) is 27.0. The predicted molar refractivity (Wildman–Crippen MR) is 68.6 cm³/mol. The largest absolute Gasteiger partial charge is 0.308 e. The van der Waals surface area contributed by atoms with Crippen molar-refractivity contribution in [3.8, 4) is 0 Å². The molecule has 0 amide bonds. The van der Waals surface area contributed by atoms with E-state index in [-0.39, 0.29) is 0 Å². The molecule has 1 aromatic rings. The van der Waals surface area contributed by atoms with Crippen molar-refractivity contribution in [1.29, 1.82) is 0 Å². The van der Waals surface area contributed by atoms with Crippen molar-refractivity contribution in [3.63, 3.8) is 0 Å². The molecule has 1 N–H and O–H groups in total. The van der Waals surface area contributed by atoms with Gasteiger partial charge in [-0.3, -0.25) is 4.68 Å². The van der Waals surface area contributed by atoms with E-state index in [1.165, 1.54) is 50.6 Å². The molecule has 94 valence electrons. The van der Waals surface area contributed by atoms with Crippen molar-refractivity contribution in [2.75, 3.05) is 0 Å². The number of nitrogens with zero attached hydrogens (tertiary/aromatic N) is 2. The Kier molecular flexibility index (Phi) is 2.95. The molecule has 1 unspecified atom stereocenters. The maximum Gasteiger partial charge on any atom is 0.0518 e. The van der Waals surface area contributed by atoms with Gasteiger partial charge in [0.1, 0.15) is 0 Å². The Morgan fingerprint density at radius 3 is 2.76 bits per heavy atom. The van der Waals surface area contributed by atoms with Crippen LogP contribution < -0.4 is 5.32 Å². The van der Waals surface area contributed by atoms with E-state index in [2.05, 4.69) is 16.5 Å². The van der Waals surface area contributed by atoms with E-state index in [1.54, 1.807) is 0 Å². The minimum atomic E-state index is 0.664. The SMILES string of the molecule is Cn1nccc1CNC1CCC12CCCCC2. The monoisotopic (exact) mass is 233 g/mol. The number of nitrogens with one attached hydrogen (secondary N) is 1. The van der Waals surface area contributed by atoms with Gasteiger partial charge in [-0.25, -0.2) is 0 Å². The van der Waals surface area contributed by atoms with E-state index in [0.717, 1.165) is 12.6 Å². The van der Waals surface area contributed by atoms with Gasteiger partial charge in [0.2, 0.25) is 0 Å². The minimum absolute atomic E-state index is 0.664. The lowest BCUT2D eigenvalue weighted by Gasteiger charge is -2.52. The van der Waals surface area contributed by atoms with Gasteiger partial charge in [0, 0.05) is 25.8 Å². The molecule has 2 saturated carbocycles. The van der Waals surface area contributed by atoms with Crippen molar-refractivity contribution >= 4 is 0 Å². The first-order chi connectivity index (χ1) is 8.30. The van der Waals surface area contributed by atoms with Gasteiger partial charge in [-0.2, -0.15) is 5.10 Å². The highest BCUT2D eigenvalue weighted by Gasteiger charge is 2.46. The lowest BCUT2D eigenvalue weighted by atomic mass is 9.57. The highest BCUT2D eigenvalue weighted by molar-refractivity contribution is 5.05. The van der Waals surface area contributed by atoms with Crippen LogP contribution in [-0.4, -0.2) is 15.8 Å². The van der Waals surface area contributed by atoms with E-state index < -0.39 is 0 Å². The molecule has 3 nitrogen and oxygen atoms in total. The second-order valence-electron chi connectivity index (χ2n) is 5.84. The summed E-state index contributed by atoms with van der Waals surface area (Å²) in [6.45, 7) is 0.975. The molecule has 2 aliphatic rings. The number of aryl methyl sites for hydroxylation is 1. The van der Waals surface area contributed by atoms with Crippen molar-refractivity contribution in [2.24, 2.45) is 12.5 Å². The molecule has 17 heavy (non-hydrogen) atoms. The average Bonchev–Trinajstić information content (AvgIpc) is 2.75. The van der Waals surface area contributed by atoms with Crippen LogP contribution in [0.3, 0.4) is 0 Å². The molecule has 1 atom stereocenters. The molecular formula is C14H23N3. The molecule has 3 rings (SSSR count). The Bertz CT molecular complexity index is 377. The lowest BCUT2D eigenvalue weighted by Crippen LogP contribution is -2.54. The number of hydrogen-bond donors (Lipinski definition) is 1. The third-order valence-corrected chi connectivity index (χ3v) is 4.97. The summed E-state index contributed by atoms with van der Waals surface area (Å²) in [4.78, 5) is 0. The van der Waals surface area contributed by atoms with Crippen molar-refractivity contribution in [1.82, 2.24) is 15.1 Å². The second kappa shape index (κ2) is 4.45. The molecule has 1 spiro atoms. The molecular weight excluding hydrogens is 210 g/mol. The van der Waals surface area contributed by atoms with E-state index in [0.29, 0.717) is 5.41 Å². The highest BCUT2D eigenvalue weighted by atomic mass is 15.3. The Hall–Kier alpha value is -0.830. The summed E-state index contributed by atoms with van der Waals surface area (Å²) in [5.74, 6) is 0. The van der Waals surface area contributed by atoms with Crippen LogP contribution >= 0.6 is 0 Å². The van der Waals surface area contributed by atoms with Gasteiger partial charge in [0.25, 0.3) is 0 Å². The van der Waals surface area contributed by atoms with E-state index in [4.69, 9.17) is 0 Å². The molecule has 0 saturated heterocycles.